The van der Waals surface area contributed by atoms with Crippen molar-refractivity contribution in [3.05, 3.63) is 94.2 Å². The molecule has 0 atom stereocenters. The Kier molecular flexibility index (Phi) is 8.73. The van der Waals surface area contributed by atoms with Crippen LogP contribution in [0.1, 0.15) is 55.8 Å². The number of hydrogen-bond acceptors (Lipinski definition) is 6. The Hall–Kier alpha value is -4.52. The third kappa shape index (κ3) is 7.78. The Morgan fingerprint density at radius 1 is 0.878 bits per heavy atom. The van der Waals surface area contributed by atoms with E-state index in [1.807, 2.05) is 25.1 Å². The highest BCUT2D eigenvalue weighted by Gasteiger charge is 2.29. The molecule has 2 fully saturated rings. The fraction of sp³-hybridized carbons (Fsp3) is 0.312. The van der Waals surface area contributed by atoms with Gasteiger partial charge in [0.1, 0.15) is 5.82 Å². The van der Waals surface area contributed by atoms with Crippen molar-refractivity contribution in [3.8, 4) is 11.8 Å². The summed E-state index contributed by atoms with van der Waals surface area (Å²) in [4.78, 5) is 46.3. The summed E-state index contributed by atoms with van der Waals surface area (Å²) in [5.41, 5.74) is 9.26. The van der Waals surface area contributed by atoms with E-state index in [4.69, 9.17) is 0 Å². The summed E-state index contributed by atoms with van der Waals surface area (Å²) < 4.78 is 0. The minimum absolute atomic E-state index is 0.00728. The molecule has 2 aliphatic rings. The summed E-state index contributed by atoms with van der Waals surface area (Å²) >= 11 is 0. The second-order valence-corrected chi connectivity index (χ2v) is 10.7. The standard InChI is InChI=1S/C32H34N6O3/c1-22-3-8-28(19-27(22)11-4-23-7-14-29(33-20-23)34-30(39)25-12-13-25)32(41)36-35-31(40)26-9-5-24(6-10-26)21-38-17-15-37(2)16-18-38/h3,5-10,14,19-20,25H,12-13,15-18,21H2,1-2H3,(H,35,40)(H,36,41)(H,33,34,39). The van der Waals surface area contributed by atoms with Gasteiger partial charge in [-0.3, -0.25) is 30.1 Å². The van der Waals surface area contributed by atoms with Gasteiger partial charge in [0.2, 0.25) is 5.91 Å². The average Bonchev–Trinajstić information content (AvgIpc) is 3.84. The summed E-state index contributed by atoms with van der Waals surface area (Å²) in [6.45, 7) is 6.94. The molecule has 5 rings (SSSR count). The minimum Gasteiger partial charge on any atom is -0.310 e. The molecule has 0 radical (unpaired) electrons. The van der Waals surface area contributed by atoms with Gasteiger partial charge in [-0.05, 0) is 74.3 Å². The summed E-state index contributed by atoms with van der Waals surface area (Å²) in [6, 6.07) is 16.2. The molecule has 2 heterocycles. The fourth-order valence-electron chi connectivity index (χ4n) is 4.44. The highest BCUT2D eigenvalue weighted by molar-refractivity contribution is 5.99. The number of anilines is 1. The van der Waals surface area contributed by atoms with E-state index in [0.717, 1.165) is 56.7 Å². The quantitative estimate of drug-likeness (QED) is 0.322. The van der Waals surface area contributed by atoms with Crippen molar-refractivity contribution in [2.75, 3.05) is 38.5 Å². The number of likely N-dealkylation sites (N-methyl/N-ethyl adjacent to an activating group) is 1. The van der Waals surface area contributed by atoms with Gasteiger partial charge < -0.3 is 10.2 Å². The van der Waals surface area contributed by atoms with E-state index in [0.29, 0.717) is 28.1 Å². The molecule has 3 amide bonds. The molecule has 0 unspecified atom stereocenters. The maximum absolute atomic E-state index is 12.8. The summed E-state index contributed by atoms with van der Waals surface area (Å²) in [5.74, 6) is 5.94. The van der Waals surface area contributed by atoms with Crippen molar-refractivity contribution in [2.45, 2.75) is 26.3 Å². The van der Waals surface area contributed by atoms with Crippen LogP contribution in [0.5, 0.6) is 0 Å². The molecular weight excluding hydrogens is 516 g/mol. The number of carbonyl (C=O) groups excluding carboxylic acids is 3. The second-order valence-electron chi connectivity index (χ2n) is 10.7. The van der Waals surface area contributed by atoms with Crippen molar-refractivity contribution in [1.29, 1.82) is 0 Å². The van der Waals surface area contributed by atoms with Gasteiger partial charge in [0.15, 0.2) is 0 Å². The number of aryl methyl sites for hydroxylation is 1. The van der Waals surface area contributed by atoms with Crippen LogP contribution in [-0.4, -0.2) is 65.7 Å². The predicted molar refractivity (Wildman–Crippen MR) is 157 cm³/mol. The van der Waals surface area contributed by atoms with Gasteiger partial charge in [-0.1, -0.05) is 30.0 Å². The van der Waals surface area contributed by atoms with Gasteiger partial charge in [-0.15, -0.1) is 0 Å². The van der Waals surface area contributed by atoms with E-state index in [1.54, 1.807) is 42.6 Å². The third-order valence-corrected chi connectivity index (χ3v) is 7.31. The lowest BCUT2D eigenvalue weighted by atomic mass is 10.0. The fourth-order valence-corrected chi connectivity index (χ4v) is 4.44. The zero-order valence-electron chi connectivity index (χ0n) is 23.4. The third-order valence-electron chi connectivity index (χ3n) is 7.31. The lowest BCUT2D eigenvalue weighted by molar-refractivity contribution is -0.117. The van der Waals surface area contributed by atoms with Gasteiger partial charge in [0.25, 0.3) is 11.8 Å². The molecule has 41 heavy (non-hydrogen) atoms. The number of pyridine rings is 1. The molecule has 9 heteroatoms. The molecule has 0 spiro atoms. The lowest BCUT2D eigenvalue weighted by Gasteiger charge is -2.32. The maximum atomic E-state index is 12.8. The zero-order chi connectivity index (χ0) is 28.8. The van der Waals surface area contributed by atoms with Crippen LogP contribution in [0.15, 0.2) is 60.8 Å². The number of nitrogens with zero attached hydrogens (tertiary/aromatic N) is 3. The smallest absolute Gasteiger partial charge is 0.269 e. The number of benzene rings is 2. The Morgan fingerprint density at radius 3 is 2.22 bits per heavy atom. The van der Waals surface area contributed by atoms with Crippen LogP contribution in [0.4, 0.5) is 5.82 Å². The molecule has 3 N–H and O–H groups in total. The summed E-state index contributed by atoms with van der Waals surface area (Å²) in [5, 5.41) is 2.81. The highest BCUT2D eigenvalue weighted by Crippen LogP contribution is 2.29. The van der Waals surface area contributed by atoms with Crippen molar-refractivity contribution < 1.29 is 14.4 Å². The van der Waals surface area contributed by atoms with E-state index in [9.17, 15) is 14.4 Å². The largest absolute Gasteiger partial charge is 0.310 e. The van der Waals surface area contributed by atoms with E-state index in [1.165, 1.54) is 0 Å². The maximum Gasteiger partial charge on any atom is 0.269 e. The van der Waals surface area contributed by atoms with Gasteiger partial charge in [0, 0.05) is 67.1 Å². The number of amides is 3. The lowest BCUT2D eigenvalue weighted by Crippen LogP contribution is -2.43. The van der Waals surface area contributed by atoms with Crippen LogP contribution < -0.4 is 16.2 Å². The minimum atomic E-state index is -0.439. The molecule has 1 aromatic heterocycles. The first-order valence-electron chi connectivity index (χ1n) is 13.8. The van der Waals surface area contributed by atoms with E-state index in [2.05, 4.69) is 49.8 Å². The highest BCUT2D eigenvalue weighted by atomic mass is 16.2. The Balaban J connectivity index is 1.14. The van der Waals surface area contributed by atoms with E-state index >= 15 is 0 Å². The molecule has 210 valence electrons. The molecule has 9 nitrogen and oxygen atoms in total. The number of hydrogen-bond donors (Lipinski definition) is 3. The van der Waals surface area contributed by atoms with Crippen molar-refractivity contribution in [2.24, 2.45) is 5.92 Å². The number of rotatable bonds is 6. The van der Waals surface area contributed by atoms with E-state index in [-0.39, 0.29) is 17.7 Å². The summed E-state index contributed by atoms with van der Waals surface area (Å²) in [7, 11) is 2.13. The number of hydrazine groups is 1. The molecular formula is C32H34N6O3. The molecule has 1 aliphatic carbocycles. The normalized spacial score (nSPS) is 15.4. The van der Waals surface area contributed by atoms with Crippen LogP contribution in [0.2, 0.25) is 0 Å². The first-order valence-corrected chi connectivity index (χ1v) is 13.8. The number of piperazine rings is 1. The molecule has 2 aromatic carbocycles. The Morgan fingerprint density at radius 2 is 1.56 bits per heavy atom. The van der Waals surface area contributed by atoms with Crippen LogP contribution in [0.3, 0.4) is 0 Å². The van der Waals surface area contributed by atoms with Crippen LogP contribution in [0.25, 0.3) is 0 Å². The molecule has 1 saturated heterocycles. The second kappa shape index (κ2) is 12.8. The van der Waals surface area contributed by atoms with Crippen molar-refractivity contribution >= 4 is 23.5 Å². The van der Waals surface area contributed by atoms with Gasteiger partial charge in [-0.25, -0.2) is 4.98 Å². The number of nitrogens with one attached hydrogen (secondary N) is 3. The first kappa shape index (κ1) is 28.0. The van der Waals surface area contributed by atoms with Crippen LogP contribution in [-0.2, 0) is 11.3 Å². The number of aromatic nitrogens is 1. The summed E-state index contributed by atoms with van der Waals surface area (Å²) in [6.07, 6.45) is 3.48. The van der Waals surface area contributed by atoms with Gasteiger partial charge in [-0.2, -0.15) is 0 Å². The van der Waals surface area contributed by atoms with Crippen LogP contribution in [0, 0.1) is 24.7 Å². The van der Waals surface area contributed by atoms with Gasteiger partial charge >= 0.3 is 0 Å². The topological polar surface area (TPSA) is 107 Å². The molecule has 0 bridgehead atoms. The molecule has 1 aliphatic heterocycles. The zero-order valence-corrected chi connectivity index (χ0v) is 23.4. The first-order chi connectivity index (χ1) is 19.8. The Labute approximate surface area is 240 Å². The average molecular weight is 551 g/mol. The Bertz CT molecular complexity index is 1480. The van der Waals surface area contributed by atoms with Crippen LogP contribution >= 0.6 is 0 Å². The predicted octanol–water partition coefficient (Wildman–Crippen LogP) is 2.96. The number of carbonyl (C=O) groups is 3. The monoisotopic (exact) mass is 550 g/mol. The van der Waals surface area contributed by atoms with Crippen molar-refractivity contribution in [1.82, 2.24) is 25.6 Å². The molecule has 1 saturated carbocycles. The SMILES string of the molecule is Cc1ccc(C(=O)NNC(=O)c2ccc(CN3CCN(C)CC3)cc2)cc1C#Cc1ccc(NC(=O)C2CC2)nc1. The van der Waals surface area contributed by atoms with E-state index < -0.39 is 5.91 Å². The van der Waals surface area contributed by atoms with Crippen molar-refractivity contribution in [3.63, 3.8) is 0 Å². The molecule has 3 aromatic rings. The van der Waals surface area contributed by atoms with Gasteiger partial charge in [0.05, 0.1) is 0 Å².